The minimum absolute atomic E-state index is 0.0335. The van der Waals surface area contributed by atoms with Crippen LogP contribution in [-0.4, -0.2) is 41.0 Å². The lowest BCUT2D eigenvalue weighted by Crippen LogP contribution is -2.28. The van der Waals surface area contributed by atoms with Crippen LogP contribution < -0.4 is 4.72 Å². The van der Waals surface area contributed by atoms with Crippen molar-refractivity contribution in [1.29, 1.82) is 0 Å². The Morgan fingerprint density at radius 2 is 1.78 bits per heavy atom. The Labute approximate surface area is 155 Å². The van der Waals surface area contributed by atoms with E-state index in [4.69, 9.17) is 0 Å². The molecule has 0 aliphatic heterocycles. The highest BCUT2D eigenvalue weighted by atomic mass is 32.2. The Morgan fingerprint density at radius 1 is 1.11 bits per heavy atom. The second kappa shape index (κ2) is 7.72. The van der Waals surface area contributed by atoms with Crippen molar-refractivity contribution in [3.63, 3.8) is 0 Å². The minimum atomic E-state index is -3.76. The van der Waals surface area contributed by atoms with Gasteiger partial charge in [-0.1, -0.05) is 12.1 Å². The van der Waals surface area contributed by atoms with Gasteiger partial charge in [-0.05, 0) is 54.1 Å². The van der Waals surface area contributed by atoms with E-state index in [0.29, 0.717) is 17.9 Å². The molecule has 0 bridgehead atoms. The quantitative estimate of drug-likeness (QED) is 0.654. The number of hydrogen-bond acceptors (Lipinski definition) is 6. The molecule has 27 heavy (non-hydrogen) atoms. The Bertz CT molecular complexity index is 1050. The number of nitrogens with zero attached hydrogens (tertiary/aromatic N) is 4. The van der Waals surface area contributed by atoms with Crippen LogP contribution in [0.15, 0.2) is 53.4 Å². The molecule has 0 unspecified atom stereocenters. The van der Waals surface area contributed by atoms with Gasteiger partial charge in [0.1, 0.15) is 11.6 Å². The van der Waals surface area contributed by atoms with Crippen LogP contribution in [0, 0.1) is 5.82 Å². The third-order valence-corrected chi connectivity index (χ3v) is 5.04. The van der Waals surface area contributed by atoms with Gasteiger partial charge in [-0.2, -0.15) is 4.80 Å². The van der Waals surface area contributed by atoms with Crippen molar-refractivity contribution in [3.05, 3.63) is 59.9 Å². The first-order valence-electron chi connectivity index (χ1n) is 7.95. The van der Waals surface area contributed by atoms with E-state index in [1.54, 1.807) is 24.3 Å². The molecule has 0 atom stereocenters. The topological polar surface area (TPSA) is 107 Å². The van der Waals surface area contributed by atoms with Gasteiger partial charge in [0.05, 0.1) is 18.0 Å². The van der Waals surface area contributed by atoms with E-state index < -0.39 is 10.0 Å². The molecule has 0 spiro atoms. The van der Waals surface area contributed by atoms with Crippen LogP contribution in [0.5, 0.6) is 0 Å². The number of benzene rings is 2. The first-order valence-corrected chi connectivity index (χ1v) is 9.43. The lowest BCUT2D eigenvalue weighted by molar-refractivity contribution is -0.115. The van der Waals surface area contributed by atoms with Crippen molar-refractivity contribution in [3.8, 4) is 11.4 Å². The molecule has 140 valence electrons. The zero-order valence-electron chi connectivity index (χ0n) is 14.3. The van der Waals surface area contributed by atoms with Crippen molar-refractivity contribution in [1.82, 2.24) is 24.9 Å². The predicted octanol–water partition coefficient (Wildman–Crippen LogP) is 1.39. The molecule has 3 rings (SSSR count). The second-order valence-corrected chi connectivity index (χ2v) is 7.59. The fourth-order valence-electron chi connectivity index (χ4n) is 2.24. The van der Waals surface area contributed by atoms with E-state index in [1.165, 1.54) is 36.0 Å². The maximum Gasteiger partial charge on any atom is 0.240 e. The van der Waals surface area contributed by atoms with Gasteiger partial charge in [-0.25, -0.2) is 17.5 Å². The van der Waals surface area contributed by atoms with Gasteiger partial charge in [-0.15, -0.1) is 10.2 Å². The average Bonchev–Trinajstić information content (AvgIpc) is 3.11. The number of hydrogen-bond donors (Lipinski definition) is 1. The third kappa shape index (κ3) is 4.80. The normalized spacial score (nSPS) is 11.5. The van der Waals surface area contributed by atoms with Crippen LogP contribution >= 0.6 is 0 Å². The van der Waals surface area contributed by atoms with E-state index in [-0.39, 0.29) is 23.0 Å². The Hall–Kier alpha value is -2.98. The summed E-state index contributed by atoms with van der Waals surface area (Å²) < 4.78 is 39.3. The summed E-state index contributed by atoms with van der Waals surface area (Å²) in [6, 6.07) is 11.9. The van der Waals surface area contributed by atoms with Crippen LogP contribution in [0.2, 0.25) is 0 Å². The van der Waals surface area contributed by atoms with Crippen molar-refractivity contribution in [2.75, 3.05) is 6.54 Å². The summed E-state index contributed by atoms with van der Waals surface area (Å²) in [7, 11) is -3.76. The number of carbonyl (C=O) groups excluding carboxylic acids is 1. The molecule has 0 saturated heterocycles. The molecule has 1 heterocycles. The first-order chi connectivity index (χ1) is 12.8. The highest BCUT2D eigenvalue weighted by molar-refractivity contribution is 7.89. The number of nitrogens with one attached hydrogen (secondary N) is 1. The fourth-order valence-corrected chi connectivity index (χ4v) is 3.30. The largest absolute Gasteiger partial charge is 0.299 e. The zero-order valence-corrected chi connectivity index (χ0v) is 15.1. The molecular weight excluding hydrogens is 373 g/mol. The fraction of sp³-hybridized carbons (Fsp3) is 0.176. The Kier molecular flexibility index (Phi) is 5.38. The monoisotopic (exact) mass is 389 g/mol. The van der Waals surface area contributed by atoms with E-state index in [9.17, 15) is 17.6 Å². The predicted molar refractivity (Wildman–Crippen MR) is 94.6 cm³/mol. The molecular formula is C17H16FN5O3S. The molecule has 2 aromatic carbocycles. The molecule has 3 aromatic rings. The Balaban J connectivity index is 1.73. The lowest BCUT2D eigenvalue weighted by Gasteiger charge is -2.05. The Morgan fingerprint density at radius 3 is 2.41 bits per heavy atom. The van der Waals surface area contributed by atoms with E-state index in [0.717, 1.165) is 5.56 Å². The van der Waals surface area contributed by atoms with Gasteiger partial charge in [0.25, 0.3) is 0 Å². The first kappa shape index (κ1) is 18.8. The molecule has 0 saturated carbocycles. The standard InChI is InChI=1S/C17H16FN5O3S/c1-12(24)10-19-27(25,26)16-8-4-14(5-9-16)17-20-22-23(21-17)11-13-2-6-15(18)7-3-13/h2-9,19H,10-11H2,1H3. The van der Waals surface area contributed by atoms with Crippen LogP contribution in [-0.2, 0) is 21.4 Å². The molecule has 10 heteroatoms. The van der Waals surface area contributed by atoms with E-state index in [1.807, 2.05) is 0 Å². The maximum atomic E-state index is 12.9. The van der Waals surface area contributed by atoms with Crippen LogP contribution in [0.25, 0.3) is 11.4 Å². The third-order valence-electron chi connectivity index (χ3n) is 3.62. The smallest absolute Gasteiger partial charge is 0.240 e. The lowest BCUT2D eigenvalue weighted by atomic mass is 10.2. The van der Waals surface area contributed by atoms with Gasteiger partial charge >= 0.3 is 0 Å². The van der Waals surface area contributed by atoms with Gasteiger partial charge in [-0.3, -0.25) is 4.79 Å². The van der Waals surface area contributed by atoms with E-state index >= 15 is 0 Å². The number of sulfonamides is 1. The SMILES string of the molecule is CC(=O)CNS(=O)(=O)c1ccc(-c2nnn(Cc3ccc(F)cc3)n2)cc1. The van der Waals surface area contributed by atoms with Gasteiger partial charge in [0, 0.05) is 5.56 Å². The minimum Gasteiger partial charge on any atom is -0.299 e. The summed E-state index contributed by atoms with van der Waals surface area (Å²) in [4.78, 5) is 12.3. The molecule has 0 aliphatic rings. The number of ketones is 1. The van der Waals surface area contributed by atoms with Crippen molar-refractivity contribution in [2.45, 2.75) is 18.4 Å². The molecule has 8 nitrogen and oxygen atoms in total. The molecule has 0 radical (unpaired) electrons. The zero-order chi connectivity index (χ0) is 19.4. The summed E-state index contributed by atoms with van der Waals surface area (Å²) in [6.07, 6.45) is 0. The van der Waals surface area contributed by atoms with Crippen molar-refractivity contribution < 1.29 is 17.6 Å². The number of Topliss-reactive ketones (excluding diaryl/α,β-unsaturated/α-hetero) is 1. The summed E-state index contributed by atoms with van der Waals surface area (Å²) >= 11 is 0. The van der Waals surface area contributed by atoms with E-state index in [2.05, 4.69) is 20.1 Å². The summed E-state index contributed by atoms with van der Waals surface area (Å²) in [6.45, 7) is 1.37. The number of rotatable bonds is 7. The molecule has 0 fully saturated rings. The number of halogens is 1. The molecule has 0 aliphatic carbocycles. The van der Waals surface area contributed by atoms with Crippen molar-refractivity contribution >= 4 is 15.8 Å². The van der Waals surface area contributed by atoms with Gasteiger partial charge in [0.2, 0.25) is 15.8 Å². The average molecular weight is 389 g/mol. The number of tetrazole rings is 1. The number of aromatic nitrogens is 4. The summed E-state index contributed by atoms with van der Waals surface area (Å²) in [5.41, 5.74) is 1.41. The van der Waals surface area contributed by atoms with Crippen LogP contribution in [0.4, 0.5) is 4.39 Å². The number of carbonyl (C=O) groups is 1. The molecule has 1 N–H and O–H groups in total. The summed E-state index contributed by atoms with van der Waals surface area (Å²) in [5, 5.41) is 12.1. The van der Waals surface area contributed by atoms with Crippen molar-refractivity contribution in [2.24, 2.45) is 0 Å². The highest BCUT2D eigenvalue weighted by Crippen LogP contribution is 2.17. The maximum absolute atomic E-state index is 12.9. The molecule has 0 amide bonds. The van der Waals surface area contributed by atoms with Crippen LogP contribution in [0.1, 0.15) is 12.5 Å². The summed E-state index contributed by atoms with van der Waals surface area (Å²) in [5.74, 6) is -0.270. The van der Waals surface area contributed by atoms with Crippen LogP contribution in [0.3, 0.4) is 0 Å². The molecule has 1 aromatic heterocycles. The van der Waals surface area contributed by atoms with Gasteiger partial charge in [0.15, 0.2) is 0 Å². The second-order valence-electron chi connectivity index (χ2n) is 5.82. The van der Waals surface area contributed by atoms with Gasteiger partial charge < -0.3 is 0 Å². The highest BCUT2D eigenvalue weighted by Gasteiger charge is 2.15.